The van der Waals surface area contributed by atoms with E-state index in [1.54, 1.807) is 33.4 Å². The van der Waals surface area contributed by atoms with Crippen LogP contribution < -0.4 is 19.5 Å². The molecular weight excluding hydrogens is 522 g/mol. The number of piperidine rings is 1. The Kier molecular flexibility index (Phi) is 8.57. The number of nitrogens with zero attached hydrogens (tertiary/aromatic N) is 4. The van der Waals surface area contributed by atoms with Crippen LogP contribution in [-0.4, -0.2) is 65.6 Å². The summed E-state index contributed by atoms with van der Waals surface area (Å²) in [6.45, 7) is 3.69. The molecule has 0 spiro atoms. The Labute approximate surface area is 238 Å². The minimum Gasteiger partial charge on any atom is -0.493 e. The van der Waals surface area contributed by atoms with Crippen molar-refractivity contribution in [3.8, 4) is 28.6 Å². The Bertz CT molecular complexity index is 1520. The number of likely N-dealkylation sites (tertiary alicyclic amines) is 1. The summed E-state index contributed by atoms with van der Waals surface area (Å²) in [4.78, 5) is 39.2. The van der Waals surface area contributed by atoms with Crippen molar-refractivity contribution in [2.24, 2.45) is 5.92 Å². The van der Waals surface area contributed by atoms with Gasteiger partial charge in [0.25, 0.3) is 0 Å². The molecule has 4 aromatic rings. The number of hydrogen-bond acceptors (Lipinski definition) is 8. The summed E-state index contributed by atoms with van der Waals surface area (Å²) in [7, 11) is 3.16. The fourth-order valence-corrected chi connectivity index (χ4v) is 4.93. The van der Waals surface area contributed by atoms with E-state index in [2.05, 4.69) is 20.3 Å². The van der Waals surface area contributed by atoms with E-state index in [0.29, 0.717) is 35.6 Å². The van der Waals surface area contributed by atoms with Gasteiger partial charge in [-0.25, -0.2) is 15.0 Å². The van der Waals surface area contributed by atoms with Crippen LogP contribution in [-0.2, 0) is 16.0 Å². The summed E-state index contributed by atoms with van der Waals surface area (Å²) in [6, 6.07) is 14.9. The number of amides is 2. The van der Waals surface area contributed by atoms with E-state index < -0.39 is 0 Å². The highest BCUT2D eigenvalue weighted by molar-refractivity contribution is 5.95. The molecule has 0 atom stereocenters. The van der Waals surface area contributed by atoms with Crippen LogP contribution in [0, 0.1) is 5.92 Å². The van der Waals surface area contributed by atoms with Gasteiger partial charge in [-0.1, -0.05) is 18.2 Å². The van der Waals surface area contributed by atoms with Crippen LogP contribution in [0.3, 0.4) is 0 Å². The van der Waals surface area contributed by atoms with Gasteiger partial charge in [-0.2, -0.15) is 0 Å². The molecule has 41 heavy (non-hydrogen) atoms. The third-order valence-corrected chi connectivity index (χ3v) is 7.27. The van der Waals surface area contributed by atoms with E-state index in [1.807, 2.05) is 47.4 Å². The standard InChI is InChI=1S/C31H33N5O5/c1-20(37)36-12-10-21(11-13-36)18-41-28-16-26-25(15-27(28)39-2)31(34-19-33-26)23-5-7-24(8-6-23)35-29(38)14-22-4-9-30(40-3)32-17-22/h4-9,15-17,19,21H,10-14,18H2,1-3H3,(H,35,38). The van der Waals surface area contributed by atoms with E-state index in [0.717, 1.165) is 53.7 Å². The van der Waals surface area contributed by atoms with Gasteiger partial charge >= 0.3 is 0 Å². The number of carbonyl (C=O) groups is 2. The molecule has 2 aromatic heterocycles. The van der Waals surface area contributed by atoms with Crippen LogP contribution >= 0.6 is 0 Å². The predicted octanol–water partition coefficient (Wildman–Crippen LogP) is 4.53. The maximum absolute atomic E-state index is 12.5. The average Bonchev–Trinajstić information content (AvgIpc) is 3.00. The number of ether oxygens (including phenoxy) is 3. The number of rotatable bonds is 9. The van der Waals surface area contributed by atoms with Gasteiger partial charge in [-0.15, -0.1) is 0 Å². The first-order chi connectivity index (χ1) is 19.9. The summed E-state index contributed by atoms with van der Waals surface area (Å²) in [6.07, 6.45) is 5.19. The largest absolute Gasteiger partial charge is 0.493 e. The molecule has 212 valence electrons. The third-order valence-electron chi connectivity index (χ3n) is 7.27. The summed E-state index contributed by atoms with van der Waals surface area (Å²) in [5.41, 5.74) is 3.84. The van der Waals surface area contributed by atoms with Crippen molar-refractivity contribution < 1.29 is 23.8 Å². The topological polar surface area (TPSA) is 116 Å². The quantitative estimate of drug-likeness (QED) is 0.320. The number of carbonyl (C=O) groups excluding carboxylic acids is 2. The average molecular weight is 556 g/mol. The molecule has 10 heteroatoms. The molecular formula is C31H33N5O5. The first-order valence-electron chi connectivity index (χ1n) is 13.5. The van der Waals surface area contributed by atoms with Crippen molar-refractivity contribution in [1.82, 2.24) is 19.9 Å². The Morgan fingerprint density at radius 1 is 0.951 bits per heavy atom. The van der Waals surface area contributed by atoms with Crippen molar-refractivity contribution in [1.29, 1.82) is 0 Å². The lowest BCUT2D eigenvalue weighted by atomic mass is 9.98. The van der Waals surface area contributed by atoms with Crippen molar-refractivity contribution in [2.75, 3.05) is 39.2 Å². The molecule has 0 aliphatic carbocycles. The maximum atomic E-state index is 12.5. The summed E-state index contributed by atoms with van der Waals surface area (Å²) in [5.74, 6) is 2.09. The molecule has 0 radical (unpaired) electrons. The van der Waals surface area contributed by atoms with Crippen molar-refractivity contribution in [3.63, 3.8) is 0 Å². The SMILES string of the molecule is COc1ccc(CC(=O)Nc2ccc(-c3ncnc4cc(OCC5CCN(C(C)=O)CC5)c(OC)cc34)cc2)cn1. The lowest BCUT2D eigenvalue weighted by Gasteiger charge is -2.31. The maximum Gasteiger partial charge on any atom is 0.228 e. The van der Waals surface area contributed by atoms with Gasteiger partial charge in [-0.05, 0) is 42.5 Å². The second kappa shape index (κ2) is 12.6. The third kappa shape index (κ3) is 6.71. The first-order valence-corrected chi connectivity index (χ1v) is 13.5. The minimum absolute atomic E-state index is 0.123. The van der Waals surface area contributed by atoms with Gasteiger partial charge in [0.15, 0.2) is 11.5 Å². The molecule has 1 aliphatic heterocycles. The van der Waals surface area contributed by atoms with Crippen molar-refractivity contribution in [2.45, 2.75) is 26.2 Å². The number of hydrogen-bond donors (Lipinski definition) is 1. The number of benzene rings is 2. The van der Waals surface area contributed by atoms with Crippen LogP contribution in [0.5, 0.6) is 17.4 Å². The van der Waals surface area contributed by atoms with E-state index in [-0.39, 0.29) is 18.2 Å². The number of anilines is 1. The van der Waals surface area contributed by atoms with Crippen molar-refractivity contribution >= 4 is 28.4 Å². The van der Waals surface area contributed by atoms with Crippen LogP contribution in [0.1, 0.15) is 25.3 Å². The number of aromatic nitrogens is 3. The molecule has 1 fully saturated rings. The zero-order valence-electron chi connectivity index (χ0n) is 23.4. The first kappa shape index (κ1) is 27.8. The second-order valence-electron chi connectivity index (χ2n) is 10.0. The van der Waals surface area contributed by atoms with Gasteiger partial charge in [0, 0.05) is 55.0 Å². The molecule has 3 heterocycles. The molecule has 10 nitrogen and oxygen atoms in total. The van der Waals surface area contributed by atoms with Gasteiger partial charge in [-0.3, -0.25) is 9.59 Å². The molecule has 1 saturated heterocycles. The van der Waals surface area contributed by atoms with Crippen LogP contribution in [0.2, 0.25) is 0 Å². The lowest BCUT2D eigenvalue weighted by Crippen LogP contribution is -2.38. The van der Waals surface area contributed by atoms with E-state index >= 15 is 0 Å². The Hall–Kier alpha value is -4.73. The number of nitrogens with one attached hydrogen (secondary N) is 1. The van der Waals surface area contributed by atoms with Gasteiger partial charge in [0.05, 0.1) is 38.5 Å². The van der Waals surface area contributed by atoms with Crippen LogP contribution in [0.25, 0.3) is 22.2 Å². The molecule has 2 aromatic carbocycles. The normalized spacial score (nSPS) is 13.6. The number of fused-ring (bicyclic) bond motifs is 1. The predicted molar refractivity (Wildman–Crippen MR) is 155 cm³/mol. The molecule has 0 bridgehead atoms. The summed E-state index contributed by atoms with van der Waals surface area (Å²) < 4.78 is 16.9. The minimum atomic E-state index is -0.140. The fourth-order valence-electron chi connectivity index (χ4n) is 4.93. The van der Waals surface area contributed by atoms with Crippen molar-refractivity contribution in [3.05, 3.63) is 66.6 Å². The van der Waals surface area contributed by atoms with Crippen LogP contribution in [0.15, 0.2) is 61.1 Å². The monoisotopic (exact) mass is 555 g/mol. The second-order valence-corrected chi connectivity index (χ2v) is 10.0. The smallest absolute Gasteiger partial charge is 0.228 e. The molecule has 5 rings (SSSR count). The zero-order valence-corrected chi connectivity index (χ0v) is 23.4. The Morgan fingerprint density at radius 2 is 1.73 bits per heavy atom. The highest BCUT2D eigenvalue weighted by Gasteiger charge is 2.22. The van der Waals surface area contributed by atoms with E-state index in [9.17, 15) is 9.59 Å². The lowest BCUT2D eigenvalue weighted by molar-refractivity contribution is -0.130. The van der Waals surface area contributed by atoms with Gasteiger partial charge in [0.1, 0.15) is 6.33 Å². The van der Waals surface area contributed by atoms with Gasteiger partial charge in [0.2, 0.25) is 17.7 Å². The van der Waals surface area contributed by atoms with E-state index in [4.69, 9.17) is 14.2 Å². The molecule has 0 saturated carbocycles. The summed E-state index contributed by atoms with van der Waals surface area (Å²) >= 11 is 0. The number of pyridine rings is 1. The fraction of sp³-hybridized carbons (Fsp3) is 0.323. The Balaban J connectivity index is 1.27. The zero-order chi connectivity index (χ0) is 28.8. The van der Waals surface area contributed by atoms with E-state index in [1.165, 1.54) is 6.33 Å². The molecule has 2 amide bonds. The Morgan fingerprint density at radius 3 is 2.39 bits per heavy atom. The van der Waals surface area contributed by atoms with Gasteiger partial charge < -0.3 is 24.4 Å². The van der Waals surface area contributed by atoms with Crippen LogP contribution in [0.4, 0.5) is 5.69 Å². The number of methoxy groups -OCH3 is 2. The highest BCUT2D eigenvalue weighted by atomic mass is 16.5. The highest BCUT2D eigenvalue weighted by Crippen LogP contribution is 2.36. The molecule has 0 unspecified atom stereocenters. The summed E-state index contributed by atoms with van der Waals surface area (Å²) in [5, 5.41) is 3.75. The molecule has 1 N–H and O–H groups in total. The molecule has 1 aliphatic rings.